The monoisotopic (exact) mass is 306 g/mol. The number of aldehydes is 1. The third-order valence-electron chi connectivity index (χ3n) is 1.61. The Bertz CT molecular complexity index is 310. The van der Waals surface area contributed by atoms with Crippen LogP contribution in [0.1, 0.15) is 5.56 Å². The maximum absolute atomic E-state index is 10.7. The van der Waals surface area contributed by atoms with Crippen LogP contribution in [0.25, 0.3) is 0 Å². The van der Waals surface area contributed by atoms with Crippen molar-refractivity contribution in [2.24, 2.45) is 0 Å². The van der Waals surface area contributed by atoms with Crippen molar-refractivity contribution in [3.8, 4) is 5.75 Å². The van der Waals surface area contributed by atoms with Crippen LogP contribution in [0.3, 0.4) is 0 Å². The zero-order valence-electron chi connectivity index (χ0n) is 6.96. The highest BCUT2D eigenvalue weighted by molar-refractivity contribution is 9.25. The van der Waals surface area contributed by atoms with Crippen LogP contribution in [0.2, 0.25) is 0 Å². The molecule has 0 bridgehead atoms. The second-order valence-electron chi connectivity index (χ2n) is 2.44. The van der Waals surface area contributed by atoms with Crippen LogP contribution in [0.5, 0.6) is 5.75 Å². The van der Waals surface area contributed by atoms with Gasteiger partial charge < -0.3 is 9.53 Å². The lowest BCUT2D eigenvalue weighted by atomic mass is 10.1. The van der Waals surface area contributed by atoms with Gasteiger partial charge in [0.2, 0.25) is 0 Å². The molecule has 0 unspecified atom stereocenters. The topological polar surface area (TPSA) is 26.3 Å². The predicted octanol–water partition coefficient (Wildman–Crippen LogP) is 2.84. The normalized spacial score (nSPS) is 11.0. The number of halogens is 2. The number of carbonyl (C=O) groups is 1. The van der Waals surface area contributed by atoms with E-state index in [-0.39, 0.29) is 0 Å². The number of methoxy groups -OCH3 is 1. The summed E-state index contributed by atoms with van der Waals surface area (Å²) in [6.07, 6.45) is 0.769. The van der Waals surface area contributed by atoms with E-state index in [0.717, 1.165) is 11.8 Å². The second kappa shape index (κ2) is 4.24. The summed E-state index contributed by atoms with van der Waals surface area (Å²) < 4.78 is 4.26. The molecule has 1 aromatic rings. The molecule has 0 aromatic heterocycles. The van der Waals surface area contributed by atoms with Gasteiger partial charge in [-0.1, -0.05) is 50.1 Å². The molecule has 2 nitrogen and oxygen atoms in total. The Morgan fingerprint density at radius 2 is 2.00 bits per heavy atom. The second-order valence-corrected chi connectivity index (χ2v) is 6.01. The minimum atomic E-state index is -0.855. The van der Waals surface area contributed by atoms with Gasteiger partial charge in [0.25, 0.3) is 0 Å². The first-order valence-electron chi connectivity index (χ1n) is 3.59. The lowest BCUT2D eigenvalue weighted by Crippen LogP contribution is -2.11. The summed E-state index contributed by atoms with van der Waals surface area (Å²) in [5, 5.41) is 0. The molecule has 0 saturated heterocycles. The Balaban J connectivity index is 3.20. The Morgan fingerprint density at radius 3 is 2.54 bits per heavy atom. The van der Waals surface area contributed by atoms with Gasteiger partial charge in [0.05, 0.1) is 7.11 Å². The maximum atomic E-state index is 10.7. The van der Waals surface area contributed by atoms with Gasteiger partial charge in [0.15, 0.2) is 9.52 Å². The van der Waals surface area contributed by atoms with Gasteiger partial charge in [-0.2, -0.15) is 0 Å². The number of ether oxygens (including phenoxy) is 1. The SMILES string of the molecule is COc1ccccc1C(Br)(Br)C=O. The van der Waals surface area contributed by atoms with Crippen LogP contribution in [-0.2, 0) is 8.03 Å². The van der Waals surface area contributed by atoms with Crippen molar-refractivity contribution in [3.63, 3.8) is 0 Å². The lowest BCUT2D eigenvalue weighted by Gasteiger charge is -2.16. The summed E-state index contributed by atoms with van der Waals surface area (Å²) in [6.45, 7) is 0. The smallest absolute Gasteiger partial charge is 0.164 e. The molecule has 70 valence electrons. The quantitative estimate of drug-likeness (QED) is 0.634. The van der Waals surface area contributed by atoms with Gasteiger partial charge in [-0.25, -0.2) is 0 Å². The van der Waals surface area contributed by atoms with E-state index in [1.54, 1.807) is 13.2 Å². The van der Waals surface area contributed by atoms with Crippen molar-refractivity contribution in [1.29, 1.82) is 0 Å². The van der Waals surface area contributed by atoms with Crippen LogP contribution < -0.4 is 4.74 Å². The summed E-state index contributed by atoms with van der Waals surface area (Å²) in [6, 6.07) is 7.31. The summed E-state index contributed by atoms with van der Waals surface area (Å²) >= 11 is 6.50. The number of para-hydroxylation sites is 1. The molecule has 0 heterocycles. The van der Waals surface area contributed by atoms with Crippen LogP contribution in [-0.4, -0.2) is 13.4 Å². The fourth-order valence-corrected chi connectivity index (χ4v) is 1.64. The molecule has 0 aliphatic rings. The van der Waals surface area contributed by atoms with Gasteiger partial charge in [0.1, 0.15) is 5.75 Å². The predicted molar refractivity (Wildman–Crippen MR) is 58.6 cm³/mol. The average Bonchev–Trinajstić information content (AvgIpc) is 2.18. The number of hydrogen-bond acceptors (Lipinski definition) is 2. The van der Waals surface area contributed by atoms with E-state index in [1.807, 2.05) is 18.2 Å². The van der Waals surface area contributed by atoms with Crippen LogP contribution in [0.4, 0.5) is 0 Å². The van der Waals surface area contributed by atoms with E-state index in [2.05, 4.69) is 31.9 Å². The molecular weight excluding hydrogens is 300 g/mol. The number of alkyl halides is 2. The standard InChI is InChI=1S/C9H8Br2O2/c1-13-8-5-3-2-4-7(8)9(10,11)6-12/h2-6H,1H3. The zero-order chi connectivity index (χ0) is 9.90. The molecule has 0 spiro atoms. The number of rotatable bonds is 3. The molecule has 13 heavy (non-hydrogen) atoms. The van der Waals surface area contributed by atoms with Crippen LogP contribution in [0.15, 0.2) is 24.3 Å². The van der Waals surface area contributed by atoms with Crippen molar-refractivity contribution in [3.05, 3.63) is 29.8 Å². The van der Waals surface area contributed by atoms with Gasteiger partial charge in [-0.15, -0.1) is 0 Å². The minimum Gasteiger partial charge on any atom is -0.496 e. The Hall–Kier alpha value is -0.350. The highest BCUT2D eigenvalue weighted by Gasteiger charge is 2.27. The first-order valence-corrected chi connectivity index (χ1v) is 5.18. The van der Waals surface area contributed by atoms with Gasteiger partial charge in [-0.3, -0.25) is 0 Å². The van der Waals surface area contributed by atoms with Crippen molar-refractivity contribution < 1.29 is 9.53 Å². The molecule has 4 heteroatoms. The zero-order valence-corrected chi connectivity index (χ0v) is 10.1. The third kappa shape index (κ3) is 2.31. The molecule has 0 saturated carbocycles. The van der Waals surface area contributed by atoms with Crippen LogP contribution >= 0.6 is 31.9 Å². The number of hydrogen-bond donors (Lipinski definition) is 0. The fourth-order valence-electron chi connectivity index (χ4n) is 0.983. The first kappa shape index (κ1) is 10.7. The Kier molecular flexibility index (Phi) is 3.50. The average molecular weight is 308 g/mol. The largest absolute Gasteiger partial charge is 0.496 e. The molecular formula is C9H8Br2O2. The fraction of sp³-hybridized carbons (Fsp3) is 0.222. The van der Waals surface area contributed by atoms with Crippen molar-refractivity contribution in [2.45, 2.75) is 3.23 Å². The summed E-state index contributed by atoms with van der Waals surface area (Å²) in [4.78, 5) is 10.7. The molecule has 0 aliphatic heterocycles. The number of benzene rings is 1. The third-order valence-corrected chi connectivity index (χ3v) is 2.84. The van der Waals surface area contributed by atoms with Crippen molar-refractivity contribution in [1.82, 2.24) is 0 Å². The summed E-state index contributed by atoms with van der Waals surface area (Å²) in [7, 11) is 1.57. The molecule has 0 N–H and O–H groups in total. The number of carbonyl (C=O) groups excluding carboxylic acids is 1. The molecule has 0 radical (unpaired) electrons. The summed E-state index contributed by atoms with van der Waals surface area (Å²) in [5.74, 6) is 0.670. The van der Waals surface area contributed by atoms with Crippen LogP contribution in [0, 0.1) is 0 Å². The maximum Gasteiger partial charge on any atom is 0.164 e. The van der Waals surface area contributed by atoms with E-state index < -0.39 is 3.23 Å². The first-order chi connectivity index (χ1) is 6.11. The van der Waals surface area contributed by atoms with E-state index >= 15 is 0 Å². The molecule has 0 atom stereocenters. The molecule has 1 aromatic carbocycles. The lowest BCUT2D eigenvalue weighted by molar-refractivity contribution is -0.107. The highest BCUT2D eigenvalue weighted by Crippen LogP contribution is 2.40. The van der Waals surface area contributed by atoms with E-state index in [4.69, 9.17) is 4.74 Å². The molecule has 0 aliphatic carbocycles. The molecule has 0 amide bonds. The van der Waals surface area contributed by atoms with E-state index in [1.165, 1.54) is 0 Å². The van der Waals surface area contributed by atoms with E-state index in [0.29, 0.717) is 5.75 Å². The van der Waals surface area contributed by atoms with Crippen molar-refractivity contribution >= 4 is 38.1 Å². The molecule has 1 rings (SSSR count). The Morgan fingerprint density at radius 1 is 1.38 bits per heavy atom. The summed E-state index contributed by atoms with van der Waals surface area (Å²) in [5.41, 5.74) is 0.757. The van der Waals surface area contributed by atoms with Crippen molar-refractivity contribution in [2.75, 3.05) is 7.11 Å². The highest BCUT2D eigenvalue weighted by atomic mass is 79.9. The van der Waals surface area contributed by atoms with E-state index in [9.17, 15) is 4.79 Å². The van der Waals surface area contributed by atoms with Gasteiger partial charge in [0, 0.05) is 5.56 Å². The van der Waals surface area contributed by atoms with Gasteiger partial charge >= 0.3 is 0 Å². The molecule has 0 fully saturated rings. The minimum absolute atomic E-state index is 0.670. The van der Waals surface area contributed by atoms with Gasteiger partial charge in [-0.05, 0) is 6.07 Å². The Labute approximate surface area is 93.5 Å².